The number of carbonyl (C=O) groups is 2. The molecule has 0 aliphatic carbocycles. The summed E-state index contributed by atoms with van der Waals surface area (Å²) in [5, 5.41) is 0. The van der Waals surface area contributed by atoms with Crippen LogP contribution < -0.4 is 0 Å². The van der Waals surface area contributed by atoms with E-state index in [1.807, 2.05) is 60.7 Å². The lowest BCUT2D eigenvalue weighted by Gasteiger charge is -2.26. The Morgan fingerprint density at radius 1 is 0.893 bits per heavy atom. The van der Waals surface area contributed by atoms with E-state index in [-0.39, 0.29) is 0 Å². The van der Waals surface area contributed by atoms with Crippen molar-refractivity contribution in [3.63, 3.8) is 0 Å². The van der Waals surface area contributed by atoms with Gasteiger partial charge in [0.25, 0.3) is 0 Å². The molecule has 6 heteroatoms. The van der Waals surface area contributed by atoms with Crippen molar-refractivity contribution in [1.29, 1.82) is 0 Å². The van der Waals surface area contributed by atoms with Crippen molar-refractivity contribution in [3.05, 3.63) is 84.1 Å². The van der Waals surface area contributed by atoms with Gasteiger partial charge < -0.3 is 14.2 Å². The Labute approximate surface area is 165 Å². The van der Waals surface area contributed by atoms with Crippen molar-refractivity contribution in [2.75, 3.05) is 20.8 Å². The molecule has 0 aliphatic heterocycles. The Morgan fingerprint density at radius 3 is 1.89 bits per heavy atom. The Hall–Kier alpha value is -3.12. The average Bonchev–Trinajstić information content (AvgIpc) is 2.73. The van der Waals surface area contributed by atoms with Crippen LogP contribution in [0.2, 0.25) is 0 Å². The predicted molar refractivity (Wildman–Crippen MR) is 105 cm³/mol. The van der Waals surface area contributed by atoms with Crippen LogP contribution >= 0.6 is 0 Å². The highest BCUT2D eigenvalue weighted by atomic mass is 16.6. The molecule has 0 heterocycles. The molecule has 0 amide bonds. The maximum absolute atomic E-state index is 12.2. The molecular formula is C22H25NO5. The van der Waals surface area contributed by atoms with Crippen LogP contribution in [-0.4, -0.2) is 43.7 Å². The van der Waals surface area contributed by atoms with Gasteiger partial charge in [-0.3, -0.25) is 4.90 Å². The largest absolute Gasteiger partial charge is 0.485 e. The van der Waals surface area contributed by atoms with Crippen LogP contribution in [0.5, 0.6) is 0 Å². The fourth-order valence-corrected chi connectivity index (χ4v) is 2.67. The number of carbonyl (C=O) groups excluding carboxylic acids is 2. The Morgan fingerprint density at radius 2 is 1.43 bits per heavy atom. The second-order valence-electron chi connectivity index (χ2n) is 6.11. The molecule has 0 aromatic heterocycles. The normalized spacial score (nSPS) is 12.0. The van der Waals surface area contributed by atoms with Crippen LogP contribution in [0.25, 0.3) is 0 Å². The van der Waals surface area contributed by atoms with E-state index in [4.69, 9.17) is 9.47 Å². The molecule has 6 nitrogen and oxygen atoms in total. The van der Waals surface area contributed by atoms with Crippen LogP contribution in [0.1, 0.15) is 11.1 Å². The first-order valence-corrected chi connectivity index (χ1v) is 8.90. The zero-order valence-corrected chi connectivity index (χ0v) is 16.1. The van der Waals surface area contributed by atoms with Gasteiger partial charge in [0, 0.05) is 19.6 Å². The summed E-state index contributed by atoms with van der Waals surface area (Å²) in [7, 11) is 2.58. The van der Waals surface area contributed by atoms with E-state index in [9.17, 15) is 9.59 Å². The third kappa shape index (κ3) is 7.25. The molecule has 148 valence electrons. The van der Waals surface area contributed by atoms with Gasteiger partial charge in [0.15, 0.2) is 0 Å². The van der Waals surface area contributed by atoms with Crippen molar-refractivity contribution < 1.29 is 23.8 Å². The maximum Gasteiger partial charge on any atom is 0.348 e. The molecule has 1 atom stereocenters. The van der Waals surface area contributed by atoms with Gasteiger partial charge >= 0.3 is 11.9 Å². The number of rotatable bonds is 10. The second-order valence-corrected chi connectivity index (χ2v) is 6.11. The molecule has 0 radical (unpaired) electrons. The summed E-state index contributed by atoms with van der Waals surface area (Å²) in [6.45, 7) is 1.56. The van der Waals surface area contributed by atoms with Crippen LogP contribution in [0.3, 0.4) is 0 Å². The van der Waals surface area contributed by atoms with Gasteiger partial charge in [-0.25, -0.2) is 9.59 Å². The first kappa shape index (κ1) is 21.2. The second kappa shape index (κ2) is 11.6. The topological polar surface area (TPSA) is 65.1 Å². The van der Waals surface area contributed by atoms with Gasteiger partial charge in [-0.1, -0.05) is 60.7 Å². The van der Waals surface area contributed by atoms with E-state index in [1.165, 1.54) is 14.2 Å². The van der Waals surface area contributed by atoms with Gasteiger partial charge in [-0.15, -0.1) is 0 Å². The summed E-state index contributed by atoms with van der Waals surface area (Å²) in [6.07, 6.45) is 1.41. The molecule has 0 spiro atoms. The highest BCUT2D eigenvalue weighted by Gasteiger charge is 2.23. The number of hydrogen-bond acceptors (Lipinski definition) is 6. The Balaban J connectivity index is 2.14. The lowest BCUT2D eigenvalue weighted by Crippen LogP contribution is -2.38. The average molecular weight is 383 g/mol. The molecule has 0 N–H and O–H groups in total. The van der Waals surface area contributed by atoms with E-state index in [0.29, 0.717) is 19.6 Å². The summed E-state index contributed by atoms with van der Waals surface area (Å²) >= 11 is 0. The zero-order chi connectivity index (χ0) is 20.2. The van der Waals surface area contributed by atoms with Gasteiger partial charge in [0.05, 0.1) is 26.6 Å². The monoisotopic (exact) mass is 383 g/mol. The van der Waals surface area contributed by atoms with E-state index >= 15 is 0 Å². The van der Waals surface area contributed by atoms with Gasteiger partial charge in [0.1, 0.15) is 0 Å². The lowest BCUT2D eigenvalue weighted by atomic mass is 10.1. The summed E-state index contributed by atoms with van der Waals surface area (Å²) in [5.74, 6) is -1.07. The van der Waals surface area contributed by atoms with Crippen molar-refractivity contribution in [2.45, 2.75) is 19.2 Å². The zero-order valence-electron chi connectivity index (χ0n) is 16.1. The predicted octanol–water partition coefficient (Wildman–Crippen LogP) is 2.93. The van der Waals surface area contributed by atoms with E-state index in [0.717, 1.165) is 23.5 Å². The number of hydrogen-bond donors (Lipinski definition) is 0. The smallest absolute Gasteiger partial charge is 0.348 e. The fourth-order valence-electron chi connectivity index (χ4n) is 2.67. The third-order valence-corrected chi connectivity index (χ3v) is 4.03. The molecule has 0 aliphatic rings. The highest BCUT2D eigenvalue weighted by molar-refractivity contribution is 5.81. The van der Waals surface area contributed by atoms with Crippen molar-refractivity contribution >= 4 is 11.9 Å². The van der Waals surface area contributed by atoms with Gasteiger partial charge in [-0.05, 0) is 11.1 Å². The van der Waals surface area contributed by atoms with Gasteiger partial charge in [-0.2, -0.15) is 0 Å². The molecule has 2 aromatic carbocycles. The van der Waals surface area contributed by atoms with Crippen LogP contribution in [0.15, 0.2) is 73.0 Å². The lowest BCUT2D eigenvalue weighted by molar-refractivity contribution is -0.152. The molecule has 2 rings (SSSR count). The van der Waals surface area contributed by atoms with Crippen molar-refractivity contribution in [1.82, 2.24) is 4.90 Å². The molecule has 0 unspecified atom stereocenters. The first-order valence-electron chi connectivity index (χ1n) is 8.90. The summed E-state index contributed by atoms with van der Waals surface area (Å²) in [4.78, 5) is 25.5. The summed E-state index contributed by atoms with van der Waals surface area (Å²) < 4.78 is 14.9. The molecule has 0 saturated heterocycles. The Bertz CT molecular complexity index is 720. The van der Waals surface area contributed by atoms with E-state index in [1.54, 1.807) is 0 Å². The van der Waals surface area contributed by atoms with E-state index < -0.39 is 18.0 Å². The summed E-state index contributed by atoms with van der Waals surface area (Å²) in [6, 6.07) is 19.9. The van der Waals surface area contributed by atoms with Crippen molar-refractivity contribution in [2.24, 2.45) is 0 Å². The SMILES string of the molecule is COC(=O)/C=C/O[C@@H](CN(Cc1ccccc1)Cc1ccccc1)C(=O)OC. The summed E-state index contributed by atoms with van der Waals surface area (Å²) in [5.41, 5.74) is 2.24. The van der Waals surface area contributed by atoms with Crippen LogP contribution in [-0.2, 0) is 36.9 Å². The van der Waals surface area contributed by atoms with Crippen LogP contribution in [0, 0.1) is 0 Å². The highest BCUT2D eigenvalue weighted by Crippen LogP contribution is 2.12. The number of methoxy groups -OCH3 is 2. The first-order chi connectivity index (χ1) is 13.6. The minimum atomic E-state index is -0.877. The minimum Gasteiger partial charge on any atom is -0.485 e. The van der Waals surface area contributed by atoms with E-state index in [2.05, 4.69) is 9.64 Å². The quantitative estimate of drug-likeness (QED) is 0.357. The van der Waals surface area contributed by atoms with Crippen molar-refractivity contribution in [3.8, 4) is 0 Å². The third-order valence-electron chi connectivity index (χ3n) is 4.03. The standard InChI is InChI=1S/C22H25NO5/c1-26-21(24)13-14-28-20(22(25)27-2)17-23(15-18-9-5-3-6-10-18)16-19-11-7-4-8-12-19/h3-14,20H,15-17H2,1-2H3/b14-13+/t20-/m0/s1. The molecule has 0 saturated carbocycles. The molecule has 2 aromatic rings. The number of ether oxygens (including phenoxy) is 3. The van der Waals surface area contributed by atoms with Crippen LogP contribution in [0.4, 0.5) is 0 Å². The number of esters is 2. The minimum absolute atomic E-state index is 0.294. The number of benzene rings is 2. The molecule has 0 bridgehead atoms. The molecule has 0 fully saturated rings. The fraction of sp³-hybridized carbons (Fsp3) is 0.273. The van der Waals surface area contributed by atoms with Gasteiger partial charge in [0.2, 0.25) is 6.10 Å². The maximum atomic E-state index is 12.2. The molecule has 28 heavy (non-hydrogen) atoms. The number of nitrogens with zero attached hydrogens (tertiary/aromatic N) is 1. The Kier molecular flexibility index (Phi) is 8.75. The molecular weight excluding hydrogens is 358 g/mol.